The molecule has 9 heteroatoms. The Bertz CT molecular complexity index is 1020. The molecule has 0 aliphatic carbocycles. The minimum Gasteiger partial charge on any atom is -0.258 e. The Morgan fingerprint density at radius 1 is 0.958 bits per heavy atom. The highest BCUT2D eigenvalue weighted by atomic mass is 16.6. The van der Waals surface area contributed by atoms with Gasteiger partial charge < -0.3 is 0 Å². The van der Waals surface area contributed by atoms with Crippen molar-refractivity contribution in [3.63, 3.8) is 0 Å². The summed E-state index contributed by atoms with van der Waals surface area (Å²) in [5.41, 5.74) is 0.684. The largest absolute Gasteiger partial charge is 0.348 e. The van der Waals surface area contributed by atoms with Gasteiger partial charge in [-0.2, -0.15) is 5.26 Å². The molecule has 24 heavy (non-hydrogen) atoms. The molecule has 0 saturated heterocycles. The van der Waals surface area contributed by atoms with Crippen molar-refractivity contribution in [2.45, 2.75) is 0 Å². The number of nitro benzene ring substituents is 2. The van der Waals surface area contributed by atoms with Gasteiger partial charge >= 0.3 is 11.4 Å². The maximum atomic E-state index is 11.0. The van der Waals surface area contributed by atoms with Crippen molar-refractivity contribution < 1.29 is 9.85 Å². The summed E-state index contributed by atoms with van der Waals surface area (Å²) >= 11 is 0. The topological polar surface area (TPSA) is 136 Å². The molecule has 0 spiro atoms. The van der Waals surface area contributed by atoms with Crippen LogP contribution in [0.25, 0.3) is 22.3 Å². The molecule has 0 unspecified atom stereocenters. The standard InChI is InChI=1S/C15H7N5O4/c16-7-9-1-3-10(4-2-9)13-8-17-11-5-14(19(21)22)15(20(23)24)6-12(11)18-13/h1-6,8H. The van der Waals surface area contributed by atoms with E-state index in [9.17, 15) is 20.2 Å². The van der Waals surface area contributed by atoms with Crippen LogP contribution in [0.5, 0.6) is 0 Å². The third kappa shape index (κ3) is 2.59. The van der Waals surface area contributed by atoms with Crippen LogP contribution in [0.1, 0.15) is 5.56 Å². The van der Waals surface area contributed by atoms with Crippen LogP contribution in [-0.4, -0.2) is 19.8 Å². The lowest BCUT2D eigenvalue weighted by molar-refractivity contribution is -0.422. The van der Waals surface area contributed by atoms with Crippen molar-refractivity contribution in [1.29, 1.82) is 5.26 Å². The quantitative estimate of drug-likeness (QED) is 0.534. The normalized spacial score (nSPS) is 10.3. The van der Waals surface area contributed by atoms with Crippen molar-refractivity contribution >= 4 is 22.4 Å². The highest BCUT2D eigenvalue weighted by molar-refractivity contribution is 5.83. The van der Waals surface area contributed by atoms with Gasteiger partial charge in [-0.1, -0.05) is 12.1 Å². The Morgan fingerprint density at radius 3 is 2.08 bits per heavy atom. The first kappa shape index (κ1) is 15.0. The van der Waals surface area contributed by atoms with Gasteiger partial charge in [0.2, 0.25) is 0 Å². The molecule has 3 rings (SSSR count). The van der Waals surface area contributed by atoms with Crippen LogP contribution in [0.2, 0.25) is 0 Å². The number of nitrogens with zero attached hydrogens (tertiary/aromatic N) is 5. The van der Waals surface area contributed by atoms with E-state index in [-0.39, 0.29) is 11.0 Å². The van der Waals surface area contributed by atoms with E-state index < -0.39 is 21.2 Å². The number of nitriles is 1. The maximum Gasteiger partial charge on any atom is 0.348 e. The summed E-state index contributed by atoms with van der Waals surface area (Å²) < 4.78 is 0. The van der Waals surface area contributed by atoms with Crippen LogP contribution in [0.3, 0.4) is 0 Å². The molecule has 0 bridgehead atoms. The van der Waals surface area contributed by atoms with E-state index >= 15 is 0 Å². The second kappa shape index (κ2) is 5.69. The molecule has 2 aromatic carbocycles. The van der Waals surface area contributed by atoms with Gasteiger partial charge in [0.15, 0.2) is 0 Å². The second-order valence-corrected chi connectivity index (χ2v) is 4.79. The van der Waals surface area contributed by atoms with Crippen LogP contribution in [0.15, 0.2) is 42.6 Å². The molecule has 0 saturated carbocycles. The van der Waals surface area contributed by atoms with Gasteiger partial charge in [-0.15, -0.1) is 0 Å². The highest BCUT2D eigenvalue weighted by Crippen LogP contribution is 2.31. The number of rotatable bonds is 3. The lowest BCUT2D eigenvalue weighted by atomic mass is 10.1. The molecule has 1 aromatic heterocycles. The molecule has 0 atom stereocenters. The summed E-state index contributed by atoms with van der Waals surface area (Å²) in [7, 11) is 0. The molecule has 0 amide bonds. The molecule has 1 heterocycles. The molecule has 0 fully saturated rings. The summed E-state index contributed by atoms with van der Waals surface area (Å²) in [4.78, 5) is 28.7. The zero-order chi connectivity index (χ0) is 17.3. The van der Waals surface area contributed by atoms with Crippen LogP contribution in [-0.2, 0) is 0 Å². The fraction of sp³-hybridized carbons (Fsp3) is 0. The molecule has 0 N–H and O–H groups in total. The average molecular weight is 321 g/mol. The van der Waals surface area contributed by atoms with Crippen LogP contribution in [0, 0.1) is 31.6 Å². The Morgan fingerprint density at radius 2 is 1.54 bits per heavy atom. The van der Waals surface area contributed by atoms with Crippen molar-refractivity contribution in [1.82, 2.24) is 9.97 Å². The third-order valence-electron chi connectivity index (χ3n) is 3.34. The average Bonchev–Trinajstić information content (AvgIpc) is 2.60. The molecular weight excluding hydrogens is 314 g/mol. The molecule has 3 aromatic rings. The zero-order valence-electron chi connectivity index (χ0n) is 11.9. The first-order valence-electron chi connectivity index (χ1n) is 6.59. The molecule has 116 valence electrons. The van der Waals surface area contributed by atoms with Gasteiger partial charge in [0.25, 0.3) is 0 Å². The first-order valence-corrected chi connectivity index (χ1v) is 6.59. The fourth-order valence-electron chi connectivity index (χ4n) is 2.18. The summed E-state index contributed by atoms with van der Waals surface area (Å²) in [5.74, 6) is 0. The number of hydrogen-bond acceptors (Lipinski definition) is 7. The lowest BCUT2D eigenvalue weighted by Gasteiger charge is -2.03. The van der Waals surface area contributed by atoms with Crippen molar-refractivity contribution in [3.05, 3.63) is 68.4 Å². The third-order valence-corrected chi connectivity index (χ3v) is 3.34. The van der Waals surface area contributed by atoms with Gasteiger partial charge in [0, 0.05) is 5.56 Å². The van der Waals surface area contributed by atoms with E-state index in [2.05, 4.69) is 9.97 Å². The second-order valence-electron chi connectivity index (χ2n) is 4.79. The van der Waals surface area contributed by atoms with Gasteiger partial charge in [-0.25, -0.2) is 4.98 Å². The summed E-state index contributed by atoms with van der Waals surface area (Å²) in [6, 6.07) is 10.6. The van der Waals surface area contributed by atoms with Gasteiger partial charge in [0.1, 0.15) is 0 Å². The maximum absolute atomic E-state index is 11.0. The first-order chi connectivity index (χ1) is 11.5. The molecule has 9 nitrogen and oxygen atoms in total. The highest BCUT2D eigenvalue weighted by Gasteiger charge is 2.25. The number of benzene rings is 2. The zero-order valence-corrected chi connectivity index (χ0v) is 11.9. The number of nitro groups is 2. The number of hydrogen-bond donors (Lipinski definition) is 0. The molecule has 0 aliphatic heterocycles. The van der Waals surface area contributed by atoms with Crippen LogP contribution >= 0.6 is 0 Å². The summed E-state index contributed by atoms with van der Waals surface area (Å²) in [5, 5.41) is 30.8. The van der Waals surface area contributed by atoms with Crippen LogP contribution < -0.4 is 0 Å². The number of aromatic nitrogens is 2. The fourth-order valence-corrected chi connectivity index (χ4v) is 2.18. The molecule has 0 radical (unpaired) electrons. The minimum absolute atomic E-state index is 0.175. The monoisotopic (exact) mass is 321 g/mol. The SMILES string of the molecule is N#Cc1ccc(-c2cnc3cc([N+](=O)[O-])c([N+](=O)[O-])cc3n2)cc1. The van der Waals surface area contributed by atoms with Crippen molar-refractivity contribution in [2.24, 2.45) is 0 Å². The Kier molecular flexibility index (Phi) is 3.55. The smallest absolute Gasteiger partial charge is 0.258 e. The van der Waals surface area contributed by atoms with E-state index in [0.29, 0.717) is 16.8 Å². The lowest BCUT2D eigenvalue weighted by Crippen LogP contribution is -1.98. The van der Waals surface area contributed by atoms with Gasteiger partial charge in [0.05, 0.1) is 56.5 Å². The van der Waals surface area contributed by atoms with E-state index in [1.807, 2.05) is 6.07 Å². The van der Waals surface area contributed by atoms with E-state index in [4.69, 9.17) is 5.26 Å². The Labute approximate surface area is 134 Å². The predicted octanol–water partition coefficient (Wildman–Crippen LogP) is 2.98. The van der Waals surface area contributed by atoms with Crippen molar-refractivity contribution in [2.75, 3.05) is 0 Å². The molecule has 0 aliphatic rings. The van der Waals surface area contributed by atoms with Gasteiger partial charge in [-0.3, -0.25) is 25.2 Å². The van der Waals surface area contributed by atoms with Crippen LogP contribution in [0.4, 0.5) is 11.4 Å². The van der Waals surface area contributed by atoms with E-state index in [1.54, 1.807) is 24.3 Å². The minimum atomic E-state index is -0.826. The Balaban J connectivity index is 2.16. The summed E-state index contributed by atoms with van der Waals surface area (Å²) in [6.45, 7) is 0. The molecular formula is C15H7N5O4. The Hall–Kier alpha value is -3.93. The van der Waals surface area contributed by atoms with Crippen molar-refractivity contribution in [3.8, 4) is 17.3 Å². The predicted molar refractivity (Wildman–Crippen MR) is 83.0 cm³/mol. The van der Waals surface area contributed by atoms with E-state index in [0.717, 1.165) is 12.1 Å². The summed E-state index contributed by atoms with van der Waals surface area (Å²) in [6.07, 6.45) is 1.42. The van der Waals surface area contributed by atoms with E-state index in [1.165, 1.54) is 6.20 Å². The number of fused-ring (bicyclic) bond motifs is 1. The van der Waals surface area contributed by atoms with Gasteiger partial charge in [-0.05, 0) is 12.1 Å².